The third-order valence-electron chi connectivity index (χ3n) is 0.0833. The van der Waals surface area contributed by atoms with E-state index in [2.05, 4.69) is 9.24 Å². The summed E-state index contributed by atoms with van der Waals surface area (Å²) in [4.78, 5) is 9.03. The summed E-state index contributed by atoms with van der Waals surface area (Å²) < 4.78 is 0. The summed E-state index contributed by atoms with van der Waals surface area (Å²) >= 11 is 0. The average molecular weight is 75.0 g/mol. The molecule has 0 aromatic heterocycles. The van der Waals surface area contributed by atoms with E-state index >= 15 is 0 Å². The van der Waals surface area contributed by atoms with Gasteiger partial charge in [0.05, 0.1) is 0 Å². The van der Waals surface area contributed by atoms with Crippen molar-refractivity contribution < 1.29 is 4.79 Å². The maximum atomic E-state index is 9.03. The second-order valence-corrected chi connectivity index (χ2v) is 0.757. The van der Waals surface area contributed by atoms with Crippen molar-refractivity contribution >= 4 is 15.5 Å². The number of hydrogen-bond donors (Lipinski definition) is 0. The van der Waals surface area contributed by atoms with Crippen LogP contribution < -0.4 is 0 Å². The molecule has 0 amide bonds. The summed E-state index contributed by atoms with van der Waals surface area (Å²) in [5, 5.41) is 0. The van der Waals surface area contributed by atoms with Crippen molar-refractivity contribution in [2.75, 3.05) is 6.16 Å². The van der Waals surface area contributed by atoms with Gasteiger partial charge in [0.25, 0.3) is 0 Å². The van der Waals surface area contributed by atoms with Crippen molar-refractivity contribution in [2.45, 2.75) is 0 Å². The van der Waals surface area contributed by atoms with Crippen molar-refractivity contribution in [1.29, 1.82) is 0 Å². The first kappa shape index (κ1) is 4.10. The van der Waals surface area contributed by atoms with Crippen molar-refractivity contribution in [3.63, 3.8) is 0 Å². The highest BCUT2D eigenvalue weighted by Gasteiger charge is 1.55. The SMILES string of the molecule is O=[C]CP. The van der Waals surface area contributed by atoms with Gasteiger partial charge in [0.2, 0.25) is 6.29 Å². The molecule has 0 spiro atoms. The molecule has 1 unspecified atom stereocenters. The Labute approximate surface area is 27.6 Å². The predicted octanol–water partition coefficient (Wildman–Crippen LogP) is -0.0288. The lowest BCUT2D eigenvalue weighted by Crippen LogP contribution is -1.61. The molecule has 1 radical (unpaired) electrons. The summed E-state index contributed by atoms with van der Waals surface area (Å²) in [5.74, 6) is 0. The minimum atomic E-state index is 0.431. The van der Waals surface area contributed by atoms with Crippen LogP contribution in [0.1, 0.15) is 0 Å². The quantitative estimate of drug-likeness (QED) is 0.400. The Hall–Kier alpha value is 0.100. The molecular formula is C2H4OP. The van der Waals surface area contributed by atoms with E-state index in [0.29, 0.717) is 6.16 Å². The number of carbonyl (C=O) groups excluding carboxylic acids is 1. The fourth-order valence-corrected chi connectivity index (χ4v) is 0. The summed E-state index contributed by atoms with van der Waals surface area (Å²) in [7, 11) is 2.23. The van der Waals surface area contributed by atoms with Gasteiger partial charge in [0, 0.05) is 6.16 Å². The molecule has 0 aromatic carbocycles. The molecule has 0 aromatic rings. The van der Waals surface area contributed by atoms with Crippen molar-refractivity contribution in [3.05, 3.63) is 0 Å². The maximum absolute atomic E-state index is 9.03. The first-order valence-corrected chi connectivity index (χ1v) is 1.78. The van der Waals surface area contributed by atoms with Crippen LogP contribution in [0.2, 0.25) is 0 Å². The third kappa shape index (κ3) is 2.10. The van der Waals surface area contributed by atoms with Gasteiger partial charge in [-0.15, -0.1) is 9.24 Å². The minimum absolute atomic E-state index is 0.431. The number of hydrogen-bond acceptors (Lipinski definition) is 1. The van der Waals surface area contributed by atoms with E-state index in [1.807, 2.05) is 0 Å². The van der Waals surface area contributed by atoms with E-state index in [1.54, 1.807) is 6.29 Å². The molecule has 0 fully saturated rings. The molecule has 0 aliphatic heterocycles. The molecule has 4 heavy (non-hydrogen) atoms. The molecule has 0 heterocycles. The Morgan fingerprint density at radius 3 is 2.25 bits per heavy atom. The van der Waals surface area contributed by atoms with Gasteiger partial charge in [0.1, 0.15) is 0 Å². The minimum Gasteiger partial charge on any atom is -0.291 e. The largest absolute Gasteiger partial charge is 0.291 e. The standard InChI is InChI=1S/C2H4OP/c3-1-2-4/h2,4H2. The van der Waals surface area contributed by atoms with Crippen LogP contribution in [-0.4, -0.2) is 12.4 Å². The Balaban J connectivity index is 2.30. The van der Waals surface area contributed by atoms with Crippen LogP contribution in [0.4, 0.5) is 0 Å². The van der Waals surface area contributed by atoms with E-state index in [1.165, 1.54) is 0 Å². The molecule has 0 saturated carbocycles. The Bertz CT molecular complexity index is 20.0. The van der Waals surface area contributed by atoms with Crippen LogP contribution in [-0.2, 0) is 4.79 Å². The van der Waals surface area contributed by atoms with Gasteiger partial charge in [-0.05, 0) is 0 Å². The molecule has 1 nitrogen and oxygen atoms in total. The van der Waals surface area contributed by atoms with Crippen LogP contribution in [0.15, 0.2) is 0 Å². The van der Waals surface area contributed by atoms with E-state index < -0.39 is 0 Å². The highest BCUT2D eigenvalue weighted by Crippen LogP contribution is 1.66. The normalized spacial score (nSPS) is 6.25. The zero-order valence-corrected chi connectivity index (χ0v) is 3.35. The van der Waals surface area contributed by atoms with E-state index in [0.717, 1.165) is 0 Å². The second-order valence-electron chi connectivity index (χ2n) is 0.348. The van der Waals surface area contributed by atoms with Gasteiger partial charge in [-0.3, -0.25) is 4.79 Å². The third-order valence-corrected chi connectivity index (χ3v) is 0.250. The van der Waals surface area contributed by atoms with Crippen LogP contribution in [0, 0.1) is 0 Å². The lowest BCUT2D eigenvalue weighted by Gasteiger charge is -1.49. The molecule has 0 aliphatic carbocycles. The molecule has 1 atom stereocenters. The Morgan fingerprint density at radius 2 is 2.25 bits per heavy atom. The first-order chi connectivity index (χ1) is 1.91. The summed E-state index contributed by atoms with van der Waals surface area (Å²) in [6.07, 6.45) is 2.07. The van der Waals surface area contributed by atoms with Gasteiger partial charge < -0.3 is 0 Å². The van der Waals surface area contributed by atoms with Gasteiger partial charge in [-0.2, -0.15) is 0 Å². The molecule has 2 heteroatoms. The van der Waals surface area contributed by atoms with Gasteiger partial charge >= 0.3 is 0 Å². The van der Waals surface area contributed by atoms with Crippen LogP contribution in [0.5, 0.6) is 0 Å². The fourth-order valence-electron chi connectivity index (χ4n) is 0. The topological polar surface area (TPSA) is 17.1 Å². The van der Waals surface area contributed by atoms with E-state index in [-0.39, 0.29) is 0 Å². The van der Waals surface area contributed by atoms with Crippen molar-refractivity contribution in [2.24, 2.45) is 0 Å². The van der Waals surface area contributed by atoms with Gasteiger partial charge in [-0.1, -0.05) is 0 Å². The molecule has 0 N–H and O–H groups in total. The second kappa shape index (κ2) is 3.10. The van der Waals surface area contributed by atoms with Crippen molar-refractivity contribution in [3.8, 4) is 0 Å². The Morgan fingerprint density at radius 1 is 2.00 bits per heavy atom. The van der Waals surface area contributed by atoms with Crippen LogP contribution in [0.3, 0.4) is 0 Å². The van der Waals surface area contributed by atoms with Gasteiger partial charge in [-0.25, -0.2) is 0 Å². The predicted molar refractivity (Wildman–Crippen MR) is 20.3 cm³/mol. The smallest absolute Gasteiger partial charge is 0.202 e. The lowest BCUT2D eigenvalue weighted by molar-refractivity contribution is 0.560. The van der Waals surface area contributed by atoms with E-state index in [4.69, 9.17) is 4.79 Å². The fraction of sp³-hybridized carbons (Fsp3) is 0.500. The maximum Gasteiger partial charge on any atom is 0.202 e. The zero-order valence-electron chi connectivity index (χ0n) is 2.19. The molecule has 23 valence electrons. The summed E-state index contributed by atoms with van der Waals surface area (Å²) in [5.41, 5.74) is 0. The van der Waals surface area contributed by atoms with E-state index in [9.17, 15) is 0 Å². The highest BCUT2D eigenvalue weighted by molar-refractivity contribution is 7.17. The number of rotatable bonds is 1. The van der Waals surface area contributed by atoms with Crippen LogP contribution >= 0.6 is 9.24 Å². The Kier molecular flexibility index (Phi) is 3.18. The van der Waals surface area contributed by atoms with Crippen LogP contribution in [0.25, 0.3) is 0 Å². The molecule has 0 bridgehead atoms. The highest BCUT2D eigenvalue weighted by atomic mass is 31.0. The first-order valence-electron chi connectivity index (χ1n) is 0.966. The summed E-state index contributed by atoms with van der Waals surface area (Å²) in [6.45, 7) is 0. The molecule has 0 aliphatic rings. The van der Waals surface area contributed by atoms with Crippen molar-refractivity contribution in [1.82, 2.24) is 0 Å². The monoisotopic (exact) mass is 75.0 g/mol. The molecule has 0 saturated heterocycles. The molecular weight excluding hydrogens is 71.0 g/mol. The van der Waals surface area contributed by atoms with Gasteiger partial charge in [0.15, 0.2) is 0 Å². The average Bonchev–Trinajstić information content (AvgIpc) is 1.37. The summed E-state index contributed by atoms with van der Waals surface area (Å²) in [6, 6.07) is 0. The molecule has 0 rings (SSSR count). The lowest BCUT2D eigenvalue weighted by atomic mass is 10.9. The zero-order chi connectivity index (χ0) is 3.41.